The second-order valence-electron chi connectivity index (χ2n) is 8.68. The smallest absolute Gasteiger partial charge is 0.0991 e. The van der Waals surface area contributed by atoms with Crippen LogP contribution in [0.1, 0.15) is 81.3 Å². The van der Waals surface area contributed by atoms with Gasteiger partial charge in [0.15, 0.2) is 0 Å². The zero-order chi connectivity index (χ0) is 19.6. The number of nitriles is 2. The minimum absolute atomic E-state index is 0.696. The first-order chi connectivity index (χ1) is 13.8. The fourth-order valence-electron chi connectivity index (χ4n) is 5.07. The third-order valence-electron chi connectivity index (χ3n) is 6.90. The summed E-state index contributed by atoms with van der Waals surface area (Å²) in [5.74, 6) is 3.25. The van der Waals surface area contributed by atoms with Crippen molar-refractivity contribution in [3.63, 3.8) is 0 Å². The molecule has 2 nitrogen and oxygen atoms in total. The van der Waals surface area contributed by atoms with E-state index >= 15 is 0 Å². The third kappa shape index (κ3) is 6.10. The van der Waals surface area contributed by atoms with E-state index in [0.29, 0.717) is 11.8 Å². The quantitative estimate of drug-likeness (QED) is 0.396. The fraction of sp³-hybridized carbons (Fsp3) is 0.538. The first kappa shape index (κ1) is 20.4. The molecule has 2 fully saturated rings. The maximum Gasteiger partial charge on any atom is 0.0991 e. The van der Waals surface area contributed by atoms with Crippen LogP contribution in [0, 0.1) is 40.4 Å². The predicted octanol–water partition coefficient (Wildman–Crippen LogP) is 7.05. The van der Waals surface area contributed by atoms with Gasteiger partial charge in [0.2, 0.25) is 0 Å². The highest BCUT2D eigenvalue weighted by molar-refractivity contribution is 5.33. The highest BCUT2D eigenvalue weighted by Crippen LogP contribution is 2.39. The van der Waals surface area contributed by atoms with Crippen molar-refractivity contribution in [3.8, 4) is 12.1 Å². The van der Waals surface area contributed by atoms with Crippen molar-refractivity contribution in [2.24, 2.45) is 17.8 Å². The Morgan fingerprint density at radius 3 is 1.96 bits per heavy atom. The summed E-state index contributed by atoms with van der Waals surface area (Å²) in [5, 5.41) is 17.5. The van der Waals surface area contributed by atoms with Crippen molar-refractivity contribution in [2.45, 2.75) is 70.1 Å². The van der Waals surface area contributed by atoms with E-state index in [2.05, 4.69) is 24.3 Å². The van der Waals surface area contributed by atoms with E-state index < -0.39 is 0 Å². The van der Waals surface area contributed by atoms with Crippen molar-refractivity contribution in [1.82, 2.24) is 0 Å². The molecule has 0 unspecified atom stereocenters. The van der Waals surface area contributed by atoms with Crippen LogP contribution in [-0.2, 0) is 0 Å². The van der Waals surface area contributed by atoms with Gasteiger partial charge < -0.3 is 0 Å². The molecule has 28 heavy (non-hydrogen) atoms. The number of allylic oxidation sites excluding steroid dienone is 4. The van der Waals surface area contributed by atoms with Crippen molar-refractivity contribution >= 4 is 0 Å². The lowest BCUT2D eigenvalue weighted by Crippen LogP contribution is -2.17. The Hall–Kier alpha value is -2.32. The summed E-state index contributed by atoms with van der Waals surface area (Å²) in [6, 6.07) is 12.5. The van der Waals surface area contributed by atoms with Gasteiger partial charge in [-0.2, -0.15) is 10.5 Å². The molecule has 3 rings (SSSR count). The summed E-state index contributed by atoms with van der Waals surface area (Å²) < 4.78 is 0. The molecule has 0 saturated heterocycles. The second kappa shape index (κ2) is 10.9. The van der Waals surface area contributed by atoms with Gasteiger partial charge in [0.25, 0.3) is 0 Å². The molecular weight excluding hydrogens is 340 g/mol. The van der Waals surface area contributed by atoms with E-state index in [1.54, 1.807) is 0 Å². The van der Waals surface area contributed by atoms with E-state index in [9.17, 15) is 0 Å². The Morgan fingerprint density at radius 2 is 1.39 bits per heavy atom. The molecular formula is C26H32N2. The van der Waals surface area contributed by atoms with E-state index in [0.717, 1.165) is 17.4 Å². The minimum Gasteiger partial charge on any atom is -0.193 e. The Bertz CT molecular complexity index is 728. The van der Waals surface area contributed by atoms with Gasteiger partial charge in [0, 0.05) is 6.08 Å². The molecule has 2 aliphatic carbocycles. The average molecular weight is 373 g/mol. The predicted molar refractivity (Wildman–Crippen MR) is 114 cm³/mol. The Labute approximate surface area is 170 Å². The van der Waals surface area contributed by atoms with Crippen molar-refractivity contribution in [1.29, 1.82) is 10.5 Å². The van der Waals surface area contributed by atoms with Gasteiger partial charge >= 0.3 is 0 Å². The molecule has 0 aliphatic heterocycles. The van der Waals surface area contributed by atoms with Crippen LogP contribution in [0.2, 0.25) is 0 Å². The van der Waals surface area contributed by atoms with Crippen molar-refractivity contribution in [3.05, 3.63) is 59.7 Å². The largest absolute Gasteiger partial charge is 0.193 e. The van der Waals surface area contributed by atoms with Crippen LogP contribution in [0.25, 0.3) is 0 Å². The summed E-state index contributed by atoms with van der Waals surface area (Å²) in [6.45, 7) is 0. The van der Waals surface area contributed by atoms with Crippen molar-refractivity contribution < 1.29 is 0 Å². The van der Waals surface area contributed by atoms with Crippen LogP contribution in [0.15, 0.2) is 48.6 Å². The highest BCUT2D eigenvalue weighted by Gasteiger charge is 2.24. The molecule has 1 aromatic carbocycles. The van der Waals surface area contributed by atoms with Crippen LogP contribution in [0.5, 0.6) is 0 Å². The number of hydrogen-bond acceptors (Lipinski definition) is 2. The second-order valence-corrected chi connectivity index (χ2v) is 8.68. The van der Waals surface area contributed by atoms with Gasteiger partial charge in [0.05, 0.1) is 17.7 Å². The number of rotatable bonds is 6. The molecule has 0 heterocycles. The lowest BCUT2D eigenvalue weighted by atomic mass is 9.74. The maximum atomic E-state index is 8.95. The Balaban J connectivity index is 1.34. The molecule has 2 saturated carbocycles. The molecule has 2 aliphatic rings. The molecule has 0 spiro atoms. The molecule has 2 heteroatoms. The fourth-order valence-corrected chi connectivity index (χ4v) is 5.07. The summed E-state index contributed by atoms with van der Waals surface area (Å²) in [6.07, 6.45) is 21.3. The number of benzene rings is 1. The zero-order valence-electron chi connectivity index (χ0n) is 16.9. The maximum absolute atomic E-state index is 8.95. The summed E-state index contributed by atoms with van der Waals surface area (Å²) in [7, 11) is 0. The summed E-state index contributed by atoms with van der Waals surface area (Å²) in [5.41, 5.74) is 2.19. The van der Waals surface area contributed by atoms with E-state index in [1.165, 1.54) is 75.8 Å². The molecule has 0 radical (unpaired) electrons. The van der Waals surface area contributed by atoms with Gasteiger partial charge in [-0.1, -0.05) is 43.2 Å². The third-order valence-corrected chi connectivity index (χ3v) is 6.90. The zero-order valence-corrected chi connectivity index (χ0v) is 16.9. The molecule has 0 aromatic heterocycles. The van der Waals surface area contributed by atoms with Crippen LogP contribution in [0.4, 0.5) is 0 Å². The van der Waals surface area contributed by atoms with E-state index in [-0.39, 0.29) is 0 Å². The Kier molecular flexibility index (Phi) is 7.93. The molecule has 0 atom stereocenters. The lowest BCUT2D eigenvalue weighted by molar-refractivity contribution is 0.246. The topological polar surface area (TPSA) is 47.6 Å². The van der Waals surface area contributed by atoms with Gasteiger partial charge in [-0.3, -0.25) is 0 Å². The SMILES string of the molecule is N#CC=CC=C[C@H]1CC[C@H](CC[C@H]2CC[C@H](c3ccc(C#N)cc3)CC2)CC1. The van der Waals surface area contributed by atoms with Crippen LogP contribution < -0.4 is 0 Å². The van der Waals surface area contributed by atoms with E-state index in [1.807, 2.05) is 30.4 Å². The normalized spacial score (nSPS) is 28.2. The van der Waals surface area contributed by atoms with Crippen LogP contribution in [-0.4, -0.2) is 0 Å². The average Bonchev–Trinajstić information content (AvgIpc) is 2.76. The number of hydrogen-bond donors (Lipinski definition) is 0. The first-order valence-corrected chi connectivity index (χ1v) is 11.0. The van der Waals surface area contributed by atoms with Gasteiger partial charge in [0.1, 0.15) is 0 Å². The standard InChI is InChI=1S/C26H32N2/c27-19-3-1-2-4-21-5-7-22(8-6-21)9-10-23-11-15-25(16-12-23)26-17-13-24(20-28)14-18-26/h1-4,13-14,17-18,21-23,25H,5-12,15-16H2/t21-,22-,23-,25-. The van der Waals surface area contributed by atoms with Crippen molar-refractivity contribution in [2.75, 3.05) is 0 Å². The summed E-state index contributed by atoms with van der Waals surface area (Å²) >= 11 is 0. The lowest BCUT2D eigenvalue weighted by Gasteiger charge is -2.31. The van der Waals surface area contributed by atoms with E-state index in [4.69, 9.17) is 10.5 Å². The molecule has 0 N–H and O–H groups in total. The summed E-state index contributed by atoms with van der Waals surface area (Å²) in [4.78, 5) is 0. The molecule has 1 aromatic rings. The van der Waals surface area contributed by atoms with Crippen LogP contribution >= 0.6 is 0 Å². The minimum atomic E-state index is 0.696. The number of nitrogens with zero attached hydrogens (tertiary/aromatic N) is 2. The van der Waals surface area contributed by atoms with Gasteiger partial charge in [-0.15, -0.1) is 0 Å². The highest BCUT2D eigenvalue weighted by atomic mass is 14.3. The Morgan fingerprint density at radius 1 is 0.786 bits per heavy atom. The monoisotopic (exact) mass is 372 g/mol. The molecule has 0 amide bonds. The molecule has 146 valence electrons. The van der Waals surface area contributed by atoms with Gasteiger partial charge in [-0.05, 0) is 92.7 Å². The van der Waals surface area contributed by atoms with Crippen LogP contribution in [0.3, 0.4) is 0 Å². The first-order valence-electron chi connectivity index (χ1n) is 11.0. The van der Waals surface area contributed by atoms with Gasteiger partial charge in [-0.25, -0.2) is 0 Å². The molecule has 0 bridgehead atoms.